The van der Waals surface area contributed by atoms with Crippen LogP contribution < -0.4 is 0 Å². The van der Waals surface area contributed by atoms with E-state index >= 15 is 0 Å². The summed E-state index contributed by atoms with van der Waals surface area (Å²) in [6.45, 7) is 5.86. The molecule has 0 saturated heterocycles. The minimum Gasteiger partial charge on any atom is -0.318 e. The zero-order valence-electron chi connectivity index (χ0n) is 7.70. The highest BCUT2D eigenvalue weighted by Gasteiger charge is 2.08. The van der Waals surface area contributed by atoms with E-state index in [0.29, 0.717) is 0 Å². The van der Waals surface area contributed by atoms with Gasteiger partial charge in [-0.25, -0.2) is 4.98 Å². The molecule has 0 fully saturated rings. The Labute approximate surface area is 72.7 Å². The Balaban J connectivity index is 3.06. The second-order valence-corrected chi connectivity index (χ2v) is 2.86. The molecule has 1 aromatic heterocycles. The van der Waals surface area contributed by atoms with Crippen LogP contribution in [0.15, 0.2) is 6.20 Å². The molecule has 1 atom stereocenters. The first-order valence-corrected chi connectivity index (χ1v) is 4.13. The van der Waals surface area contributed by atoms with Crippen molar-refractivity contribution in [2.24, 2.45) is 0 Å². The van der Waals surface area contributed by atoms with E-state index in [1.54, 1.807) is 0 Å². The zero-order chi connectivity index (χ0) is 9.14. The molecule has 1 heterocycles. The van der Waals surface area contributed by atoms with Crippen LogP contribution in [0, 0.1) is 18.3 Å². The lowest BCUT2D eigenvalue weighted by Gasteiger charge is -2.06. The summed E-state index contributed by atoms with van der Waals surface area (Å²) in [6, 6.07) is 2.08. The minimum atomic E-state index is -0.110. The van der Waals surface area contributed by atoms with Gasteiger partial charge in [-0.3, -0.25) is 0 Å². The fraction of sp³-hybridized carbons (Fsp3) is 0.556. The van der Waals surface area contributed by atoms with Crippen LogP contribution in [0.1, 0.15) is 31.4 Å². The summed E-state index contributed by atoms with van der Waals surface area (Å²) < 4.78 is 1.93. The van der Waals surface area contributed by atoms with Crippen molar-refractivity contribution in [2.45, 2.75) is 33.2 Å². The van der Waals surface area contributed by atoms with Crippen molar-refractivity contribution in [1.29, 1.82) is 5.26 Å². The average molecular weight is 163 g/mol. The molecule has 0 bridgehead atoms. The molecule has 3 heteroatoms. The van der Waals surface area contributed by atoms with E-state index < -0.39 is 0 Å². The standard InChI is InChI=1S/C9H13N3/c1-4-9-11-7(2)6-12(9)8(3)5-10/h6,8H,4H2,1-3H3/t8-/m0/s1. The van der Waals surface area contributed by atoms with E-state index in [2.05, 4.69) is 11.1 Å². The third-order valence-corrected chi connectivity index (χ3v) is 1.85. The van der Waals surface area contributed by atoms with Crippen LogP contribution in [0.5, 0.6) is 0 Å². The largest absolute Gasteiger partial charge is 0.318 e. The molecule has 0 radical (unpaired) electrons. The van der Waals surface area contributed by atoms with Crippen LogP contribution in [-0.2, 0) is 6.42 Å². The summed E-state index contributed by atoms with van der Waals surface area (Å²) in [4.78, 5) is 4.31. The fourth-order valence-corrected chi connectivity index (χ4v) is 1.23. The molecule has 0 spiro atoms. The van der Waals surface area contributed by atoms with Crippen molar-refractivity contribution in [2.75, 3.05) is 0 Å². The van der Waals surface area contributed by atoms with Gasteiger partial charge in [0.05, 0.1) is 11.8 Å². The van der Waals surface area contributed by atoms with E-state index in [1.807, 2.05) is 31.5 Å². The van der Waals surface area contributed by atoms with Crippen molar-refractivity contribution in [1.82, 2.24) is 9.55 Å². The molecule has 64 valence electrons. The van der Waals surface area contributed by atoms with Crippen molar-refractivity contribution < 1.29 is 0 Å². The Morgan fingerprint density at radius 3 is 2.92 bits per heavy atom. The van der Waals surface area contributed by atoms with Crippen molar-refractivity contribution in [3.8, 4) is 6.07 Å². The Morgan fingerprint density at radius 1 is 1.75 bits per heavy atom. The van der Waals surface area contributed by atoms with Gasteiger partial charge >= 0.3 is 0 Å². The maximum absolute atomic E-state index is 8.72. The van der Waals surface area contributed by atoms with E-state index in [4.69, 9.17) is 5.26 Å². The predicted octanol–water partition coefficient (Wildman–Crippen LogP) is 1.84. The van der Waals surface area contributed by atoms with Gasteiger partial charge in [-0.1, -0.05) is 6.92 Å². The van der Waals surface area contributed by atoms with Crippen LogP contribution in [0.3, 0.4) is 0 Å². The molecule has 0 aliphatic rings. The lowest BCUT2D eigenvalue weighted by molar-refractivity contribution is 0.634. The summed E-state index contributed by atoms with van der Waals surface area (Å²) in [5.41, 5.74) is 0.981. The van der Waals surface area contributed by atoms with Crippen LogP contribution in [0.25, 0.3) is 0 Å². The Morgan fingerprint density at radius 2 is 2.42 bits per heavy atom. The van der Waals surface area contributed by atoms with Gasteiger partial charge < -0.3 is 4.57 Å². The topological polar surface area (TPSA) is 41.6 Å². The van der Waals surface area contributed by atoms with Gasteiger partial charge in [0.25, 0.3) is 0 Å². The molecule has 0 saturated carbocycles. The molecular weight excluding hydrogens is 150 g/mol. The number of nitrogens with zero attached hydrogens (tertiary/aromatic N) is 3. The molecule has 1 rings (SSSR count). The summed E-state index contributed by atoms with van der Waals surface area (Å²) >= 11 is 0. The molecule has 0 N–H and O–H groups in total. The number of aryl methyl sites for hydroxylation is 2. The van der Waals surface area contributed by atoms with Crippen LogP contribution in [-0.4, -0.2) is 9.55 Å². The van der Waals surface area contributed by atoms with Crippen LogP contribution in [0.2, 0.25) is 0 Å². The normalized spacial score (nSPS) is 12.5. The molecular formula is C9H13N3. The summed E-state index contributed by atoms with van der Waals surface area (Å²) in [6.07, 6.45) is 2.80. The SMILES string of the molecule is CCc1nc(C)cn1[C@@H](C)C#N. The van der Waals surface area contributed by atoms with Crippen molar-refractivity contribution in [3.05, 3.63) is 17.7 Å². The third-order valence-electron chi connectivity index (χ3n) is 1.85. The monoisotopic (exact) mass is 163 g/mol. The number of nitriles is 1. The summed E-state index contributed by atoms with van der Waals surface area (Å²) in [5, 5.41) is 8.72. The lowest BCUT2D eigenvalue weighted by atomic mass is 10.3. The second-order valence-electron chi connectivity index (χ2n) is 2.86. The minimum absolute atomic E-state index is 0.110. The van der Waals surface area contributed by atoms with Crippen molar-refractivity contribution >= 4 is 0 Å². The van der Waals surface area contributed by atoms with Crippen molar-refractivity contribution in [3.63, 3.8) is 0 Å². The first-order valence-electron chi connectivity index (χ1n) is 4.13. The van der Waals surface area contributed by atoms with E-state index in [1.165, 1.54) is 0 Å². The van der Waals surface area contributed by atoms with Gasteiger partial charge in [-0.2, -0.15) is 5.26 Å². The van der Waals surface area contributed by atoms with Gasteiger partial charge in [-0.05, 0) is 13.8 Å². The quantitative estimate of drug-likeness (QED) is 0.667. The van der Waals surface area contributed by atoms with E-state index in [9.17, 15) is 0 Å². The number of hydrogen-bond donors (Lipinski definition) is 0. The smallest absolute Gasteiger partial charge is 0.119 e. The highest BCUT2D eigenvalue weighted by atomic mass is 15.1. The van der Waals surface area contributed by atoms with E-state index in [-0.39, 0.29) is 6.04 Å². The Bertz CT molecular complexity index is 306. The number of imidazole rings is 1. The maximum atomic E-state index is 8.72. The molecule has 1 aromatic rings. The predicted molar refractivity (Wildman–Crippen MR) is 46.7 cm³/mol. The molecule has 0 aromatic carbocycles. The molecule has 3 nitrogen and oxygen atoms in total. The Kier molecular flexibility index (Phi) is 2.49. The van der Waals surface area contributed by atoms with Gasteiger partial charge in [0.2, 0.25) is 0 Å². The zero-order valence-corrected chi connectivity index (χ0v) is 7.70. The van der Waals surface area contributed by atoms with Gasteiger partial charge in [0.1, 0.15) is 11.9 Å². The number of rotatable bonds is 2. The first-order chi connectivity index (χ1) is 5.69. The molecule has 0 amide bonds. The number of aromatic nitrogens is 2. The molecule has 0 aliphatic heterocycles. The molecule has 0 unspecified atom stereocenters. The van der Waals surface area contributed by atoms with Gasteiger partial charge in [-0.15, -0.1) is 0 Å². The average Bonchev–Trinajstić information content (AvgIpc) is 2.45. The van der Waals surface area contributed by atoms with Gasteiger partial charge in [0.15, 0.2) is 0 Å². The first kappa shape index (κ1) is 8.79. The molecule has 0 aliphatic carbocycles. The Hall–Kier alpha value is -1.30. The fourth-order valence-electron chi connectivity index (χ4n) is 1.23. The molecule has 12 heavy (non-hydrogen) atoms. The van der Waals surface area contributed by atoms with Crippen LogP contribution >= 0.6 is 0 Å². The maximum Gasteiger partial charge on any atom is 0.119 e. The lowest BCUT2D eigenvalue weighted by Crippen LogP contribution is -2.05. The highest BCUT2D eigenvalue weighted by molar-refractivity contribution is 5.06. The second kappa shape index (κ2) is 3.40. The number of hydrogen-bond acceptors (Lipinski definition) is 2. The summed E-state index contributed by atoms with van der Waals surface area (Å²) in [7, 11) is 0. The van der Waals surface area contributed by atoms with E-state index in [0.717, 1.165) is 17.9 Å². The highest BCUT2D eigenvalue weighted by Crippen LogP contribution is 2.10. The summed E-state index contributed by atoms with van der Waals surface area (Å²) in [5.74, 6) is 0.988. The van der Waals surface area contributed by atoms with Crippen LogP contribution in [0.4, 0.5) is 0 Å². The third kappa shape index (κ3) is 1.48. The van der Waals surface area contributed by atoms with Gasteiger partial charge in [0, 0.05) is 12.6 Å².